The minimum absolute atomic E-state index is 0.0413. The standard InChI is InChI=1S/C20H21NO4S/c1-15-6-4-7-16(12-15)13-26(23,24)21-11-5-10-20(14-21)18-9-3-2-8-17(18)19(22)25-20/h2-4,6-9,12H,5,10-11,13-14H2,1H3. The van der Waals surface area contributed by atoms with E-state index in [-0.39, 0.29) is 18.3 Å². The minimum atomic E-state index is -3.49. The fourth-order valence-corrected chi connectivity index (χ4v) is 5.57. The zero-order chi connectivity index (χ0) is 18.4. The van der Waals surface area contributed by atoms with Crippen molar-refractivity contribution in [2.24, 2.45) is 0 Å². The number of ether oxygens (including phenoxy) is 1. The van der Waals surface area contributed by atoms with E-state index >= 15 is 0 Å². The van der Waals surface area contributed by atoms with Gasteiger partial charge in [0.15, 0.2) is 5.60 Å². The largest absolute Gasteiger partial charge is 0.449 e. The molecule has 5 nitrogen and oxygen atoms in total. The summed E-state index contributed by atoms with van der Waals surface area (Å²) in [6.45, 7) is 2.58. The number of fused-ring (bicyclic) bond motifs is 2. The van der Waals surface area contributed by atoms with Gasteiger partial charge < -0.3 is 4.74 Å². The highest BCUT2D eigenvalue weighted by Crippen LogP contribution is 2.43. The third kappa shape index (κ3) is 2.93. The van der Waals surface area contributed by atoms with Crippen LogP contribution in [0.1, 0.15) is 39.9 Å². The number of nitrogens with zero attached hydrogens (tertiary/aromatic N) is 1. The third-order valence-corrected chi connectivity index (χ3v) is 6.97. The van der Waals surface area contributed by atoms with Crippen LogP contribution >= 0.6 is 0 Å². The molecule has 2 aliphatic heterocycles. The lowest BCUT2D eigenvalue weighted by Gasteiger charge is -2.38. The monoisotopic (exact) mass is 371 g/mol. The minimum Gasteiger partial charge on any atom is -0.449 e. The first-order valence-corrected chi connectivity index (χ1v) is 10.4. The van der Waals surface area contributed by atoms with Crippen LogP contribution in [0.25, 0.3) is 0 Å². The van der Waals surface area contributed by atoms with Crippen molar-refractivity contribution in [2.75, 3.05) is 13.1 Å². The average Bonchev–Trinajstić information content (AvgIpc) is 2.87. The van der Waals surface area contributed by atoms with Crippen molar-refractivity contribution in [3.05, 3.63) is 70.8 Å². The normalized spacial score (nSPS) is 23.0. The SMILES string of the molecule is Cc1cccc(CS(=O)(=O)N2CCCC3(C2)OC(=O)c2ccccc23)c1. The second-order valence-corrected chi connectivity index (χ2v) is 9.08. The molecule has 0 aliphatic carbocycles. The molecule has 2 aliphatic rings. The Morgan fingerprint density at radius 2 is 1.96 bits per heavy atom. The van der Waals surface area contributed by atoms with Crippen LogP contribution < -0.4 is 0 Å². The Balaban J connectivity index is 1.62. The number of esters is 1. The molecule has 1 unspecified atom stereocenters. The molecule has 2 heterocycles. The van der Waals surface area contributed by atoms with Crippen LogP contribution in [-0.4, -0.2) is 31.8 Å². The highest BCUT2D eigenvalue weighted by Gasteiger charge is 2.49. The van der Waals surface area contributed by atoms with Crippen molar-refractivity contribution in [3.63, 3.8) is 0 Å². The summed E-state index contributed by atoms with van der Waals surface area (Å²) in [6.07, 6.45) is 1.31. The molecule has 4 rings (SSSR count). The highest BCUT2D eigenvalue weighted by molar-refractivity contribution is 7.88. The molecule has 0 N–H and O–H groups in total. The number of rotatable bonds is 3. The Hall–Kier alpha value is -2.18. The van der Waals surface area contributed by atoms with Crippen LogP contribution in [0.2, 0.25) is 0 Å². The number of piperidine rings is 1. The summed E-state index contributed by atoms with van der Waals surface area (Å²) in [5.74, 6) is -0.404. The number of hydrogen-bond donors (Lipinski definition) is 0. The molecular weight excluding hydrogens is 350 g/mol. The van der Waals surface area contributed by atoms with Crippen molar-refractivity contribution in [1.82, 2.24) is 4.31 Å². The summed E-state index contributed by atoms with van der Waals surface area (Å²) >= 11 is 0. The van der Waals surface area contributed by atoms with E-state index in [0.717, 1.165) is 16.7 Å². The zero-order valence-corrected chi connectivity index (χ0v) is 15.5. The van der Waals surface area contributed by atoms with Gasteiger partial charge >= 0.3 is 5.97 Å². The van der Waals surface area contributed by atoms with Gasteiger partial charge in [0.1, 0.15) is 0 Å². The molecule has 1 saturated heterocycles. The summed E-state index contributed by atoms with van der Waals surface area (Å²) in [6, 6.07) is 14.8. The van der Waals surface area contributed by atoms with E-state index in [9.17, 15) is 13.2 Å². The predicted octanol–water partition coefficient (Wildman–Crippen LogP) is 2.99. The lowest BCUT2D eigenvalue weighted by atomic mass is 9.86. The molecule has 6 heteroatoms. The van der Waals surface area contributed by atoms with Gasteiger partial charge in [-0.2, -0.15) is 4.31 Å². The molecule has 0 radical (unpaired) electrons. The van der Waals surface area contributed by atoms with Gasteiger partial charge in [-0.3, -0.25) is 0 Å². The van der Waals surface area contributed by atoms with Crippen molar-refractivity contribution < 1.29 is 17.9 Å². The summed E-state index contributed by atoms with van der Waals surface area (Å²) in [7, 11) is -3.49. The van der Waals surface area contributed by atoms with Gasteiger partial charge in [-0.25, -0.2) is 13.2 Å². The molecule has 0 saturated carbocycles. The molecule has 1 fully saturated rings. The Bertz CT molecular complexity index is 969. The second kappa shape index (κ2) is 6.21. The van der Waals surface area contributed by atoms with Gasteiger partial charge in [0.05, 0.1) is 17.9 Å². The highest BCUT2D eigenvalue weighted by atomic mass is 32.2. The Morgan fingerprint density at radius 3 is 2.77 bits per heavy atom. The van der Waals surface area contributed by atoms with Gasteiger partial charge in [-0.1, -0.05) is 48.0 Å². The Kier molecular flexibility index (Phi) is 4.12. The van der Waals surface area contributed by atoms with E-state index in [0.29, 0.717) is 24.9 Å². The fourth-order valence-electron chi connectivity index (χ4n) is 3.97. The van der Waals surface area contributed by atoms with E-state index in [1.54, 1.807) is 12.1 Å². The predicted molar refractivity (Wildman–Crippen MR) is 98.1 cm³/mol. The van der Waals surface area contributed by atoms with E-state index in [4.69, 9.17) is 4.74 Å². The van der Waals surface area contributed by atoms with Crippen molar-refractivity contribution >= 4 is 16.0 Å². The quantitative estimate of drug-likeness (QED) is 0.778. The molecule has 1 spiro atoms. The molecule has 1 atom stereocenters. The lowest BCUT2D eigenvalue weighted by Crippen LogP contribution is -2.49. The maximum Gasteiger partial charge on any atom is 0.339 e. The Labute approximate surface area is 153 Å². The smallest absolute Gasteiger partial charge is 0.339 e. The van der Waals surface area contributed by atoms with Crippen LogP contribution in [0.3, 0.4) is 0 Å². The first kappa shape index (κ1) is 17.2. The zero-order valence-electron chi connectivity index (χ0n) is 14.6. The molecule has 2 aromatic rings. The van der Waals surface area contributed by atoms with Gasteiger partial charge in [0, 0.05) is 12.1 Å². The van der Waals surface area contributed by atoms with Crippen molar-refractivity contribution in [2.45, 2.75) is 31.1 Å². The summed E-state index contributed by atoms with van der Waals surface area (Å²) < 4.78 is 33.2. The lowest BCUT2D eigenvalue weighted by molar-refractivity contribution is -0.0345. The Morgan fingerprint density at radius 1 is 1.15 bits per heavy atom. The van der Waals surface area contributed by atoms with Gasteiger partial charge in [-0.15, -0.1) is 0 Å². The molecule has 26 heavy (non-hydrogen) atoms. The van der Waals surface area contributed by atoms with Crippen molar-refractivity contribution in [3.8, 4) is 0 Å². The second-order valence-electron chi connectivity index (χ2n) is 7.11. The number of sulfonamides is 1. The number of hydrogen-bond acceptors (Lipinski definition) is 4. The van der Waals surface area contributed by atoms with E-state index in [1.807, 2.05) is 43.3 Å². The van der Waals surface area contributed by atoms with Gasteiger partial charge in [-0.05, 0) is 31.4 Å². The summed E-state index contributed by atoms with van der Waals surface area (Å²) in [5.41, 5.74) is 2.30. The number of benzene rings is 2. The maximum atomic E-state index is 13.0. The van der Waals surface area contributed by atoms with Crippen molar-refractivity contribution in [1.29, 1.82) is 0 Å². The molecule has 0 amide bonds. The number of carbonyl (C=O) groups excluding carboxylic acids is 1. The third-order valence-electron chi connectivity index (χ3n) is 5.17. The fraction of sp³-hybridized carbons (Fsp3) is 0.350. The van der Waals surface area contributed by atoms with E-state index in [1.165, 1.54) is 4.31 Å². The molecule has 136 valence electrons. The topological polar surface area (TPSA) is 63.7 Å². The summed E-state index contributed by atoms with van der Waals surface area (Å²) in [4.78, 5) is 12.2. The van der Waals surface area contributed by atoms with E-state index < -0.39 is 15.6 Å². The molecular formula is C20H21NO4S. The van der Waals surface area contributed by atoms with Crippen LogP contribution in [-0.2, 0) is 26.1 Å². The molecule has 0 aromatic heterocycles. The first-order valence-electron chi connectivity index (χ1n) is 8.76. The van der Waals surface area contributed by atoms with Crippen LogP contribution in [0, 0.1) is 6.92 Å². The van der Waals surface area contributed by atoms with Crippen LogP contribution in [0.4, 0.5) is 0 Å². The summed E-state index contributed by atoms with van der Waals surface area (Å²) in [5, 5.41) is 0. The van der Waals surface area contributed by atoms with Gasteiger partial charge in [0.2, 0.25) is 10.0 Å². The van der Waals surface area contributed by atoms with Gasteiger partial charge in [0.25, 0.3) is 0 Å². The number of aryl methyl sites for hydroxylation is 1. The molecule has 0 bridgehead atoms. The molecule has 2 aromatic carbocycles. The maximum absolute atomic E-state index is 13.0. The van der Waals surface area contributed by atoms with E-state index in [2.05, 4.69) is 0 Å². The number of carbonyl (C=O) groups is 1. The first-order chi connectivity index (χ1) is 12.4. The average molecular weight is 371 g/mol. The van der Waals surface area contributed by atoms with Crippen LogP contribution in [0.15, 0.2) is 48.5 Å². The van der Waals surface area contributed by atoms with Crippen LogP contribution in [0.5, 0.6) is 0 Å².